The van der Waals surface area contributed by atoms with Crippen LogP contribution in [0.3, 0.4) is 0 Å². The lowest BCUT2D eigenvalue weighted by molar-refractivity contribution is 0.0987. The zero-order valence-corrected chi connectivity index (χ0v) is 21.1. The summed E-state index contributed by atoms with van der Waals surface area (Å²) >= 11 is 1.41. The van der Waals surface area contributed by atoms with Crippen molar-refractivity contribution < 1.29 is 27.5 Å². The predicted molar refractivity (Wildman–Crippen MR) is 129 cm³/mol. The molecule has 0 unspecified atom stereocenters. The first-order chi connectivity index (χ1) is 17.6. The molecule has 13 heteroatoms. The molecule has 1 aliphatic carbocycles. The Morgan fingerprint density at radius 3 is 2.76 bits per heavy atom. The van der Waals surface area contributed by atoms with Gasteiger partial charge in [0.15, 0.2) is 29.2 Å². The molecular formula is C24H24F2N6O4S. The van der Waals surface area contributed by atoms with E-state index in [1.165, 1.54) is 30.2 Å². The number of thioether (sulfide) groups is 1. The van der Waals surface area contributed by atoms with Crippen molar-refractivity contribution in [2.24, 2.45) is 16.6 Å². The van der Waals surface area contributed by atoms with E-state index in [-0.39, 0.29) is 46.7 Å². The van der Waals surface area contributed by atoms with Gasteiger partial charge in [-0.25, -0.2) is 18.7 Å². The lowest BCUT2D eigenvalue weighted by Gasteiger charge is -2.34. The molecule has 1 saturated carbocycles. The fourth-order valence-electron chi connectivity index (χ4n) is 4.79. The van der Waals surface area contributed by atoms with Crippen molar-refractivity contribution in [2.75, 3.05) is 13.7 Å². The van der Waals surface area contributed by atoms with Crippen molar-refractivity contribution in [3.05, 3.63) is 64.8 Å². The van der Waals surface area contributed by atoms with E-state index >= 15 is 4.39 Å². The number of halogens is 2. The van der Waals surface area contributed by atoms with Gasteiger partial charge in [-0.1, -0.05) is 11.8 Å². The molecule has 2 aliphatic rings. The molecule has 194 valence electrons. The van der Waals surface area contributed by atoms with E-state index in [0.29, 0.717) is 29.6 Å². The maximum absolute atomic E-state index is 15.1. The normalized spacial score (nSPS) is 24.4. The molecule has 1 aromatic carbocycles. The third-order valence-corrected chi connectivity index (χ3v) is 7.84. The third-order valence-electron chi connectivity index (χ3n) is 6.57. The van der Waals surface area contributed by atoms with Crippen molar-refractivity contribution in [2.45, 2.75) is 43.6 Å². The zero-order chi connectivity index (χ0) is 26.4. The summed E-state index contributed by atoms with van der Waals surface area (Å²) in [6.45, 7) is 3.82. The topological polar surface area (TPSA) is 139 Å². The van der Waals surface area contributed by atoms with Crippen LogP contribution in [0, 0.1) is 24.5 Å². The minimum atomic E-state index is -1.09. The number of Topliss-reactive ketones (excluding diaryl/α,β-unsaturated/α-hetero) is 1. The summed E-state index contributed by atoms with van der Waals surface area (Å²) in [6, 6.07) is 2.49. The number of nitrogens with zero attached hydrogens (tertiary/aromatic N) is 5. The lowest BCUT2D eigenvalue weighted by Crippen LogP contribution is -2.38. The summed E-state index contributed by atoms with van der Waals surface area (Å²) in [5.74, 6) is -1.73. The molecule has 1 aliphatic heterocycles. The second-order valence-electron chi connectivity index (χ2n) is 9.24. The Labute approximate surface area is 215 Å². The Kier molecular flexibility index (Phi) is 6.44. The Hall–Kier alpha value is -3.45. The smallest absolute Gasteiger partial charge is 0.253 e. The Balaban J connectivity index is 1.33. The van der Waals surface area contributed by atoms with Crippen molar-refractivity contribution >= 4 is 22.7 Å². The van der Waals surface area contributed by atoms with Gasteiger partial charge in [-0.3, -0.25) is 9.79 Å². The number of aryl methyl sites for hydroxylation is 1. The van der Waals surface area contributed by atoms with E-state index in [9.17, 15) is 9.18 Å². The Morgan fingerprint density at radius 1 is 1.27 bits per heavy atom. The molecule has 3 heterocycles. The van der Waals surface area contributed by atoms with Gasteiger partial charge in [-0.2, -0.15) is 0 Å². The molecule has 0 saturated heterocycles. The first kappa shape index (κ1) is 25.2. The van der Waals surface area contributed by atoms with Gasteiger partial charge < -0.3 is 19.6 Å². The van der Waals surface area contributed by atoms with Gasteiger partial charge in [0.1, 0.15) is 5.69 Å². The number of carbonyl (C=O) groups excluding carboxylic acids is 1. The lowest BCUT2D eigenvalue weighted by atomic mass is 9.84. The first-order valence-electron chi connectivity index (χ1n) is 11.4. The second-order valence-corrected chi connectivity index (χ2v) is 10.7. The van der Waals surface area contributed by atoms with Gasteiger partial charge >= 0.3 is 0 Å². The Morgan fingerprint density at radius 2 is 2.08 bits per heavy atom. The maximum Gasteiger partial charge on any atom is 0.253 e. The van der Waals surface area contributed by atoms with Crippen molar-refractivity contribution in [1.29, 1.82) is 0 Å². The van der Waals surface area contributed by atoms with Crippen LogP contribution in [-0.4, -0.2) is 49.6 Å². The fraction of sp³-hybridized carbons (Fsp3) is 0.417. The van der Waals surface area contributed by atoms with Crippen LogP contribution in [0.2, 0.25) is 0 Å². The molecule has 2 aromatic heterocycles. The van der Waals surface area contributed by atoms with Crippen LogP contribution in [0.15, 0.2) is 33.9 Å². The number of rotatable bonds is 9. The largest absolute Gasteiger partial charge is 0.466 e. The highest BCUT2D eigenvalue weighted by atomic mass is 32.2. The van der Waals surface area contributed by atoms with Crippen molar-refractivity contribution in [3.63, 3.8) is 0 Å². The number of aromatic nitrogens is 4. The highest BCUT2D eigenvalue weighted by Crippen LogP contribution is 2.66. The number of fused-ring (bicyclic) bond motifs is 1. The summed E-state index contributed by atoms with van der Waals surface area (Å²) in [5, 5.41) is 7.81. The second kappa shape index (κ2) is 9.45. The summed E-state index contributed by atoms with van der Waals surface area (Å²) in [6.07, 6.45) is 3.03. The summed E-state index contributed by atoms with van der Waals surface area (Å²) in [4.78, 5) is 25.6. The third kappa shape index (κ3) is 4.80. The van der Waals surface area contributed by atoms with Crippen LogP contribution in [0.1, 0.15) is 46.7 Å². The highest BCUT2D eigenvalue weighted by Gasteiger charge is 2.66. The fourth-order valence-corrected chi connectivity index (χ4v) is 6.24. The van der Waals surface area contributed by atoms with Gasteiger partial charge in [-0.05, 0) is 31.0 Å². The summed E-state index contributed by atoms with van der Waals surface area (Å²) in [7, 11) is 1.59. The monoisotopic (exact) mass is 530 g/mol. The molecule has 10 nitrogen and oxygen atoms in total. The number of ketones is 1. The van der Waals surface area contributed by atoms with Crippen LogP contribution >= 0.6 is 11.8 Å². The van der Waals surface area contributed by atoms with Gasteiger partial charge in [0.05, 0.1) is 29.3 Å². The summed E-state index contributed by atoms with van der Waals surface area (Å²) in [5.41, 5.74) is 5.40. The summed E-state index contributed by atoms with van der Waals surface area (Å²) < 4.78 is 45.5. The van der Waals surface area contributed by atoms with Crippen LogP contribution in [0.25, 0.3) is 0 Å². The standard InChI is InChI=1S/C24H24F2N6O4S/c1-12-31-32-20(36-12)10-35-19-9-28-16(8-29-19)17(33)6-13-4-14(21(26)15(25)5-13)23(2)18-7-24(18,11-34-3)37-22(27)30-23/h4-5,8-9,18H,6-7,10-11H2,1-3H3,(H2,27,30)/t18-,23+,24+/m0/s1. The molecule has 5 rings (SSSR count). The maximum atomic E-state index is 15.1. The average Bonchev–Trinajstić information content (AvgIpc) is 3.42. The minimum Gasteiger partial charge on any atom is -0.466 e. The molecule has 1 fully saturated rings. The number of amidine groups is 1. The number of carbonyl (C=O) groups is 1. The highest BCUT2D eigenvalue weighted by molar-refractivity contribution is 8.15. The number of ether oxygens (including phenoxy) is 2. The molecule has 3 aromatic rings. The SMILES string of the molecule is COC[C@]12C[C@H]1[C@@](C)(c1cc(CC(=O)c3cnc(OCc4nnc(C)o4)cn3)cc(F)c1F)N=C(N)S2. The van der Waals surface area contributed by atoms with Crippen LogP contribution in [0.5, 0.6) is 5.88 Å². The van der Waals surface area contributed by atoms with E-state index in [4.69, 9.17) is 19.6 Å². The average molecular weight is 531 g/mol. The van der Waals surface area contributed by atoms with Crippen LogP contribution < -0.4 is 10.5 Å². The number of hydrogen-bond donors (Lipinski definition) is 1. The zero-order valence-electron chi connectivity index (χ0n) is 20.3. The quantitative estimate of drug-likeness (QED) is 0.411. The predicted octanol–water partition coefficient (Wildman–Crippen LogP) is 3.13. The number of aliphatic imine (C=N–C) groups is 1. The first-order valence-corrected chi connectivity index (χ1v) is 12.2. The molecular weight excluding hydrogens is 506 g/mol. The number of nitrogens with two attached hydrogens (primary N) is 1. The van der Waals surface area contributed by atoms with Crippen LogP contribution in [-0.2, 0) is 23.3 Å². The van der Waals surface area contributed by atoms with E-state index in [1.54, 1.807) is 21.0 Å². The van der Waals surface area contributed by atoms with Gasteiger partial charge in [-0.15, -0.1) is 10.2 Å². The molecule has 0 spiro atoms. The number of methoxy groups -OCH3 is 1. The van der Waals surface area contributed by atoms with Gasteiger partial charge in [0, 0.05) is 31.9 Å². The van der Waals surface area contributed by atoms with Gasteiger partial charge in [0.25, 0.3) is 5.89 Å². The van der Waals surface area contributed by atoms with Crippen molar-refractivity contribution in [1.82, 2.24) is 20.2 Å². The van der Waals surface area contributed by atoms with E-state index in [2.05, 4.69) is 25.2 Å². The van der Waals surface area contributed by atoms with Crippen LogP contribution in [0.4, 0.5) is 8.78 Å². The number of benzene rings is 1. The molecule has 0 radical (unpaired) electrons. The van der Waals surface area contributed by atoms with E-state index < -0.39 is 23.0 Å². The molecule has 37 heavy (non-hydrogen) atoms. The number of hydrogen-bond acceptors (Lipinski definition) is 11. The van der Waals surface area contributed by atoms with Gasteiger partial charge in [0.2, 0.25) is 11.8 Å². The minimum absolute atomic E-state index is 0.00260. The molecule has 0 amide bonds. The van der Waals surface area contributed by atoms with E-state index in [0.717, 1.165) is 6.07 Å². The van der Waals surface area contributed by atoms with E-state index in [1.807, 2.05) is 0 Å². The molecule has 2 N–H and O–H groups in total. The van der Waals surface area contributed by atoms with Crippen molar-refractivity contribution in [3.8, 4) is 5.88 Å². The molecule has 3 atom stereocenters. The Bertz CT molecular complexity index is 1380. The molecule has 0 bridgehead atoms.